The van der Waals surface area contributed by atoms with Gasteiger partial charge in [0, 0.05) is 15.5 Å². The summed E-state index contributed by atoms with van der Waals surface area (Å²) in [5.41, 5.74) is 0.666. The zero-order chi connectivity index (χ0) is 14.7. The number of rotatable bonds is 3. The lowest BCUT2D eigenvalue weighted by Crippen LogP contribution is -2.11. The molecule has 2 rings (SSSR count). The first-order valence-corrected chi connectivity index (χ1v) is 7.62. The highest BCUT2D eigenvalue weighted by atomic mass is 35.5. The van der Waals surface area contributed by atoms with Crippen molar-refractivity contribution in [2.45, 2.75) is 4.90 Å². The van der Waals surface area contributed by atoms with Gasteiger partial charge in [-0.3, -0.25) is 4.79 Å². The molecule has 0 fully saturated rings. The molecule has 0 spiro atoms. The van der Waals surface area contributed by atoms with Gasteiger partial charge in [0.1, 0.15) is 0 Å². The van der Waals surface area contributed by atoms with Crippen molar-refractivity contribution in [3.63, 3.8) is 0 Å². The van der Waals surface area contributed by atoms with Gasteiger partial charge < -0.3 is 10.4 Å². The van der Waals surface area contributed by atoms with E-state index >= 15 is 0 Å². The predicted octanol–water partition coefficient (Wildman–Crippen LogP) is 4.67. The molecule has 0 aromatic heterocycles. The number of benzene rings is 2. The molecule has 0 aliphatic heterocycles. The number of thioether (sulfide) groups is 1. The van der Waals surface area contributed by atoms with Crippen LogP contribution in [0.15, 0.2) is 41.3 Å². The second kappa shape index (κ2) is 6.39. The minimum atomic E-state index is -0.341. The molecule has 0 atom stereocenters. The highest BCUT2D eigenvalue weighted by molar-refractivity contribution is 7.98. The van der Waals surface area contributed by atoms with E-state index in [0.717, 1.165) is 4.90 Å². The quantitative estimate of drug-likeness (QED) is 0.636. The van der Waals surface area contributed by atoms with Crippen molar-refractivity contribution in [1.29, 1.82) is 0 Å². The van der Waals surface area contributed by atoms with Gasteiger partial charge in [0.05, 0.1) is 10.7 Å². The fraction of sp³-hybridized carbons (Fsp3) is 0.0714. The molecule has 3 nitrogen and oxygen atoms in total. The average Bonchev–Trinajstić information content (AvgIpc) is 2.44. The van der Waals surface area contributed by atoms with Gasteiger partial charge in [0.2, 0.25) is 0 Å². The molecule has 0 radical (unpaired) electrons. The van der Waals surface area contributed by atoms with Crippen LogP contribution in [-0.4, -0.2) is 17.3 Å². The number of anilines is 1. The molecule has 0 bridgehead atoms. The predicted molar refractivity (Wildman–Crippen MR) is 84.3 cm³/mol. The lowest BCUT2D eigenvalue weighted by Gasteiger charge is -2.09. The van der Waals surface area contributed by atoms with Crippen LogP contribution in [0, 0.1) is 0 Å². The van der Waals surface area contributed by atoms with E-state index in [9.17, 15) is 9.90 Å². The van der Waals surface area contributed by atoms with Crippen molar-refractivity contribution in [3.05, 3.63) is 52.0 Å². The van der Waals surface area contributed by atoms with Gasteiger partial charge in [-0.25, -0.2) is 0 Å². The summed E-state index contributed by atoms with van der Waals surface area (Å²) >= 11 is 13.2. The van der Waals surface area contributed by atoms with Crippen molar-refractivity contribution in [2.24, 2.45) is 0 Å². The standard InChI is InChI=1S/C14H11Cl2NO2S/c1-20-10-4-2-8(3-5-10)14(19)17-12-7-9(15)6-11(16)13(12)18/h2-7,18H,1H3,(H,17,19). The zero-order valence-electron chi connectivity index (χ0n) is 10.5. The Morgan fingerprint density at radius 2 is 1.85 bits per heavy atom. The number of carbonyl (C=O) groups excluding carboxylic acids is 1. The fourth-order valence-electron chi connectivity index (χ4n) is 1.60. The second-order valence-electron chi connectivity index (χ2n) is 3.97. The van der Waals surface area contributed by atoms with Crippen LogP contribution in [-0.2, 0) is 0 Å². The van der Waals surface area contributed by atoms with Crippen LogP contribution >= 0.6 is 35.0 Å². The Morgan fingerprint density at radius 1 is 1.20 bits per heavy atom. The third kappa shape index (κ3) is 3.39. The first-order chi connectivity index (χ1) is 9.51. The Balaban J connectivity index is 2.23. The Labute approximate surface area is 130 Å². The first-order valence-electron chi connectivity index (χ1n) is 5.64. The van der Waals surface area contributed by atoms with Crippen LogP contribution in [0.1, 0.15) is 10.4 Å². The minimum absolute atomic E-state index is 0.0885. The number of hydrogen-bond acceptors (Lipinski definition) is 3. The Hall–Kier alpha value is -1.36. The van der Waals surface area contributed by atoms with Crippen molar-refractivity contribution in [3.8, 4) is 5.75 Å². The molecule has 0 unspecified atom stereocenters. The van der Waals surface area contributed by atoms with Gasteiger partial charge in [-0.1, -0.05) is 23.2 Å². The Morgan fingerprint density at radius 3 is 2.45 bits per heavy atom. The maximum atomic E-state index is 12.1. The molecule has 1 amide bonds. The summed E-state index contributed by atoms with van der Waals surface area (Å²) in [4.78, 5) is 13.1. The minimum Gasteiger partial charge on any atom is -0.504 e. The number of amides is 1. The summed E-state index contributed by atoms with van der Waals surface area (Å²) in [6.07, 6.45) is 1.96. The van der Waals surface area contributed by atoms with Crippen LogP contribution in [0.3, 0.4) is 0 Å². The first kappa shape index (κ1) is 15.0. The molecule has 0 heterocycles. The second-order valence-corrected chi connectivity index (χ2v) is 5.69. The molecule has 20 heavy (non-hydrogen) atoms. The van der Waals surface area contributed by atoms with Crippen molar-refractivity contribution >= 4 is 46.6 Å². The van der Waals surface area contributed by atoms with E-state index in [0.29, 0.717) is 10.6 Å². The number of carbonyl (C=O) groups is 1. The maximum Gasteiger partial charge on any atom is 0.255 e. The third-order valence-electron chi connectivity index (χ3n) is 2.63. The largest absolute Gasteiger partial charge is 0.504 e. The van der Waals surface area contributed by atoms with E-state index in [1.54, 1.807) is 23.9 Å². The molecular weight excluding hydrogens is 317 g/mol. The molecule has 6 heteroatoms. The molecule has 0 saturated heterocycles. The number of aromatic hydroxyl groups is 1. The van der Waals surface area contributed by atoms with Gasteiger partial charge in [-0.15, -0.1) is 11.8 Å². The number of phenols is 1. The smallest absolute Gasteiger partial charge is 0.255 e. The van der Waals surface area contributed by atoms with E-state index in [-0.39, 0.29) is 22.4 Å². The van der Waals surface area contributed by atoms with E-state index in [4.69, 9.17) is 23.2 Å². The molecular formula is C14H11Cl2NO2S. The van der Waals surface area contributed by atoms with Crippen LogP contribution < -0.4 is 5.32 Å². The lowest BCUT2D eigenvalue weighted by molar-refractivity contribution is 0.102. The maximum absolute atomic E-state index is 12.1. The van der Waals surface area contributed by atoms with Crippen molar-refractivity contribution in [1.82, 2.24) is 0 Å². The van der Waals surface area contributed by atoms with Crippen LogP contribution in [0.2, 0.25) is 10.0 Å². The van der Waals surface area contributed by atoms with Crippen molar-refractivity contribution in [2.75, 3.05) is 11.6 Å². The SMILES string of the molecule is CSc1ccc(C(=O)Nc2cc(Cl)cc(Cl)c2O)cc1. The van der Waals surface area contributed by atoms with Gasteiger partial charge in [0.15, 0.2) is 5.75 Å². The third-order valence-corrected chi connectivity index (χ3v) is 3.88. The van der Waals surface area contributed by atoms with E-state index in [2.05, 4.69) is 5.32 Å². The normalized spacial score (nSPS) is 10.3. The summed E-state index contributed by atoms with van der Waals surface area (Å²) in [5, 5.41) is 12.8. The molecule has 2 aromatic rings. The zero-order valence-corrected chi connectivity index (χ0v) is 12.8. The number of phenolic OH excluding ortho intramolecular Hbond substituents is 1. The summed E-state index contributed by atoms with van der Waals surface area (Å²) in [5.74, 6) is -0.545. The molecule has 0 aliphatic rings. The highest BCUT2D eigenvalue weighted by Gasteiger charge is 2.12. The van der Waals surface area contributed by atoms with E-state index < -0.39 is 0 Å². The molecule has 0 aliphatic carbocycles. The van der Waals surface area contributed by atoms with Gasteiger partial charge in [0.25, 0.3) is 5.91 Å². The van der Waals surface area contributed by atoms with Gasteiger partial charge >= 0.3 is 0 Å². The lowest BCUT2D eigenvalue weighted by atomic mass is 10.2. The molecule has 2 aromatic carbocycles. The Kier molecular flexibility index (Phi) is 4.81. The van der Waals surface area contributed by atoms with Crippen LogP contribution in [0.4, 0.5) is 5.69 Å². The van der Waals surface area contributed by atoms with Gasteiger partial charge in [-0.2, -0.15) is 0 Å². The molecule has 104 valence electrons. The summed E-state index contributed by atoms with van der Waals surface area (Å²) in [7, 11) is 0. The monoisotopic (exact) mass is 327 g/mol. The molecule has 0 saturated carbocycles. The van der Waals surface area contributed by atoms with Crippen LogP contribution in [0.25, 0.3) is 0 Å². The number of hydrogen-bond donors (Lipinski definition) is 2. The summed E-state index contributed by atoms with van der Waals surface area (Å²) < 4.78 is 0. The summed E-state index contributed by atoms with van der Waals surface area (Å²) in [6.45, 7) is 0. The fourth-order valence-corrected chi connectivity index (χ4v) is 2.50. The summed E-state index contributed by atoms with van der Waals surface area (Å²) in [6, 6.07) is 9.97. The topological polar surface area (TPSA) is 49.3 Å². The number of nitrogens with one attached hydrogen (secondary N) is 1. The highest BCUT2D eigenvalue weighted by Crippen LogP contribution is 2.35. The van der Waals surface area contributed by atoms with E-state index in [1.165, 1.54) is 12.1 Å². The average molecular weight is 328 g/mol. The van der Waals surface area contributed by atoms with E-state index in [1.807, 2.05) is 18.4 Å². The molecule has 2 N–H and O–H groups in total. The Bertz CT molecular complexity index is 644. The van der Waals surface area contributed by atoms with Gasteiger partial charge in [-0.05, 0) is 42.7 Å². The van der Waals surface area contributed by atoms with Crippen molar-refractivity contribution < 1.29 is 9.90 Å². The van der Waals surface area contributed by atoms with Crippen LogP contribution in [0.5, 0.6) is 5.75 Å². The number of halogens is 2.